The molecule has 39 heavy (non-hydrogen) atoms. The van der Waals surface area contributed by atoms with Crippen LogP contribution in [0.1, 0.15) is 122 Å². The van der Waals surface area contributed by atoms with Gasteiger partial charge in [0.1, 0.15) is 5.82 Å². The van der Waals surface area contributed by atoms with E-state index in [1.165, 1.54) is 76.3 Å². The second-order valence-electron chi connectivity index (χ2n) is 10.6. The number of hydrogen-bond acceptors (Lipinski definition) is 6. The van der Waals surface area contributed by atoms with Crippen LogP contribution in [0.5, 0.6) is 0 Å². The molecule has 2 rings (SSSR count). The van der Waals surface area contributed by atoms with Crippen molar-refractivity contribution in [3.05, 3.63) is 23.5 Å². The van der Waals surface area contributed by atoms with Crippen molar-refractivity contribution in [2.75, 3.05) is 0 Å². The minimum atomic E-state index is -4.44. The highest BCUT2D eigenvalue weighted by Crippen LogP contribution is 2.25. The van der Waals surface area contributed by atoms with Gasteiger partial charge >= 0.3 is 0 Å². The van der Waals surface area contributed by atoms with Crippen molar-refractivity contribution >= 4 is 48.4 Å². The number of aryl methyl sites for hydroxylation is 1. The summed E-state index contributed by atoms with van der Waals surface area (Å²) >= 11 is 5.62. The Balaban J connectivity index is 1.90. The maximum absolute atomic E-state index is 11.9. The van der Waals surface area contributed by atoms with Gasteiger partial charge in [0, 0.05) is 12.8 Å². The van der Waals surface area contributed by atoms with Crippen LogP contribution in [0.3, 0.4) is 0 Å². The lowest BCUT2D eigenvalue weighted by Gasteiger charge is -2.09. The third-order valence-electron chi connectivity index (χ3n) is 7.26. The normalized spacial score (nSPS) is 13.2. The van der Waals surface area contributed by atoms with Crippen molar-refractivity contribution in [3.8, 4) is 0 Å². The number of hydrogen-bond donors (Lipinski definition) is 3. The minimum Gasteiger partial charge on any atom is -0.342 e. The molecule has 1 heterocycles. The Morgan fingerprint density at radius 3 is 1.97 bits per heavy atom. The van der Waals surface area contributed by atoms with Crippen molar-refractivity contribution in [1.29, 1.82) is 0 Å². The van der Waals surface area contributed by atoms with Gasteiger partial charge in [-0.15, -0.1) is 0 Å². The van der Waals surface area contributed by atoms with E-state index in [0.717, 1.165) is 24.1 Å². The Morgan fingerprint density at radius 1 is 0.897 bits per heavy atom. The summed E-state index contributed by atoms with van der Waals surface area (Å²) in [6.45, 7) is 3.93. The van der Waals surface area contributed by atoms with Gasteiger partial charge in [0.05, 0.1) is 21.2 Å². The topological polar surface area (TPSA) is 137 Å². The van der Waals surface area contributed by atoms with Gasteiger partial charge in [0.2, 0.25) is 0 Å². The fourth-order valence-electron chi connectivity index (χ4n) is 4.94. The molecule has 0 radical (unpaired) electrons. The average molecular weight is 603 g/mol. The Hall–Kier alpha value is -1.40. The standard InChI is InChI=1S/C28H46N2O6S3/c1-3-5-6-7-8-9-10-11-12-13-14-15-16-23(37)19-22-20-25(39(34,35)36)21-26-28(22)30-27(29-26)18-17-24(4-2)38(31,32)33/h20-21,24H,3-19H2,1-2H3,(H,29,30)(H,31,32,33)(H,34,35,36). The highest BCUT2D eigenvalue weighted by Gasteiger charge is 2.22. The molecule has 2 aromatic rings. The van der Waals surface area contributed by atoms with Crippen LogP contribution in [0.15, 0.2) is 17.0 Å². The van der Waals surface area contributed by atoms with Crippen LogP contribution in [0, 0.1) is 0 Å². The molecule has 0 fully saturated rings. The molecule has 1 aromatic heterocycles. The number of aromatic nitrogens is 2. The zero-order valence-corrected chi connectivity index (χ0v) is 25.9. The van der Waals surface area contributed by atoms with Gasteiger partial charge in [-0.3, -0.25) is 9.11 Å². The number of unbranched alkanes of at least 4 members (excludes halogenated alkanes) is 11. The predicted molar refractivity (Wildman–Crippen MR) is 162 cm³/mol. The number of H-pyrrole nitrogens is 1. The van der Waals surface area contributed by atoms with E-state index < -0.39 is 25.5 Å². The van der Waals surface area contributed by atoms with Crippen LogP contribution in [-0.4, -0.2) is 46.0 Å². The van der Waals surface area contributed by atoms with E-state index in [1.807, 2.05) is 0 Å². The first-order chi connectivity index (χ1) is 18.5. The van der Waals surface area contributed by atoms with E-state index in [-0.39, 0.29) is 24.2 Å². The smallest absolute Gasteiger partial charge is 0.294 e. The Labute approximate surface area is 240 Å². The Bertz CT molecular complexity index is 1260. The first-order valence-electron chi connectivity index (χ1n) is 14.4. The quantitative estimate of drug-likeness (QED) is 0.0763. The number of thiocarbonyl (C=S) groups is 1. The predicted octanol–water partition coefficient (Wildman–Crippen LogP) is 7.41. The summed E-state index contributed by atoms with van der Waals surface area (Å²) in [5, 5.41) is -0.901. The van der Waals surface area contributed by atoms with Gasteiger partial charge in [-0.05, 0) is 48.2 Å². The molecule has 11 heteroatoms. The molecular weight excluding hydrogens is 557 g/mol. The van der Waals surface area contributed by atoms with Crippen LogP contribution < -0.4 is 0 Å². The fraction of sp³-hybridized carbons (Fsp3) is 0.714. The van der Waals surface area contributed by atoms with Crippen molar-refractivity contribution in [2.24, 2.45) is 0 Å². The number of nitrogens with zero attached hydrogens (tertiary/aromatic N) is 1. The lowest BCUT2D eigenvalue weighted by Crippen LogP contribution is -2.20. The number of rotatable bonds is 21. The number of aromatic amines is 1. The first-order valence-corrected chi connectivity index (χ1v) is 17.8. The van der Waals surface area contributed by atoms with Crippen LogP contribution in [0.4, 0.5) is 0 Å². The summed E-state index contributed by atoms with van der Waals surface area (Å²) < 4.78 is 65.8. The zero-order chi connectivity index (χ0) is 28.9. The molecule has 0 aliphatic heterocycles. The third kappa shape index (κ3) is 12.3. The van der Waals surface area contributed by atoms with Gasteiger partial charge in [-0.1, -0.05) is 96.7 Å². The van der Waals surface area contributed by atoms with Crippen molar-refractivity contribution < 1.29 is 25.9 Å². The van der Waals surface area contributed by atoms with E-state index in [9.17, 15) is 25.9 Å². The highest BCUT2D eigenvalue weighted by molar-refractivity contribution is 7.86. The van der Waals surface area contributed by atoms with Crippen LogP contribution >= 0.6 is 12.2 Å². The summed E-state index contributed by atoms with van der Waals surface area (Å²) in [4.78, 5) is 8.18. The minimum absolute atomic E-state index is 0.174. The molecule has 222 valence electrons. The van der Waals surface area contributed by atoms with E-state index in [4.69, 9.17) is 12.2 Å². The Morgan fingerprint density at radius 2 is 1.46 bits per heavy atom. The van der Waals surface area contributed by atoms with Crippen LogP contribution in [0.25, 0.3) is 11.0 Å². The summed E-state index contributed by atoms with van der Waals surface area (Å²) in [5.41, 5.74) is 1.59. The number of nitrogens with one attached hydrogen (secondary N) is 1. The SMILES string of the molecule is CCCCCCCCCCCCCCC(=S)Cc1cc(S(=O)(=O)O)cc2[nH]c(CCC(CC)S(=O)(=O)O)nc12. The summed E-state index contributed by atoms with van der Waals surface area (Å²) in [6.07, 6.45) is 17.0. The van der Waals surface area contributed by atoms with E-state index >= 15 is 0 Å². The van der Waals surface area contributed by atoms with Crippen LogP contribution in [0.2, 0.25) is 0 Å². The summed E-state index contributed by atoms with van der Waals surface area (Å²) in [6, 6.07) is 2.73. The van der Waals surface area contributed by atoms with Gasteiger partial charge in [-0.2, -0.15) is 16.8 Å². The van der Waals surface area contributed by atoms with E-state index in [1.54, 1.807) is 6.92 Å². The van der Waals surface area contributed by atoms with Crippen molar-refractivity contribution in [3.63, 3.8) is 0 Å². The number of imidazole rings is 1. The Kier molecular flexibility index (Phi) is 14.5. The third-order valence-corrected chi connectivity index (χ3v) is 9.85. The molecule has 1 atom stereocenters. The molecule has 0 amide bonds. The number of fused-ring (bicyclic) bond motifs is 1. The molecular formula is C28H46N2O6S3. The average Bonchev–Trinajstić information content (AvgIpc) is 3.27. The van der Waals surface area contributed by atoms with Gasteiger partial charge in [0.25, 0.3) is 20.2 Å². The molecule has 1 unspecified atom stereocenters. The molecule has 0 bridgehead atoms. The summed E-state index contributed by atoms with van der Waals surface area (Å²) in [5.74, 6) is 0.479. The zero-order valence-electron chi connectivity index (χ0n) is 23.5. The highest BCUT2D eigenvalue weighted by atomic mass is 32.2. The lowest BCUT2D eigenvalue weighted by molar-refractivity contribution is 0.458. The second-order valence-corrected chi connectivity index (χ2v) is 14.3. The fourth-order valence-corrected chi connectivity index (χ4v) is 6.63. The molecule has 1 aromatic carbocycles. The largest absolute Gasteiger partial charge is 0.342 e. The monoisotopic (exact) mass is 602 g/mol. The molecule has 0 aliphatic carbocycles. The van der Waals surface area contributed by atoms with Crippen LogP contribution in [-0.2, 0) is 33.1 Å². The maximum atomic E-state index is 11.9. The summed E-state index contributed by atoms with van der Waals surface area (Å²) in [7, 11) is -8.60. The first kappa shape index (κ1) is 33.8. The maximum Gasteiger partial charge on any atom is 0.294 e. The molecule has 0 spiro atoms. The molecule has 8 nitrogen and oxygen atoms in total. The van der Waals surface area contributed by atoms with Crippen molar-refractivity contribution in [1.82, 2.24) is 9.97 Å². The van der Waals surface area contributed by atoms with Gasteiger partial charge in [-0.25, -0.2) is 4.98 Å². The van der Waals surface area contributed by atoms with Gasteiger partial charge < -0.3 is 4.98 Å². The van der Waals surface area contributed by atoms with Crippen molar-refractivity contribution in [2.45, 2.75) is 133 Å². The van der Waals surface area contributed by atoms with Gasteiger partial charge in [0.15, 0.2) is 0 Å². The van der Waals surface area contributed by atoms with E-state index in [2.05, 4.69) is 16.9 Å². The molecule has 0 aliphatic rings. The molecule has 0 saturated carbocycles. The second kappa shape index (κ2) is 16.8. The van der Waals surface area contributed by atoms with E-state index in [0.29, 0.717) is 28.8 Å². The molecule has 0 saturated heterocycles. The number of benzene rings is 1. The lowest BCUT2D eigenvalue weighted by atomic mass is 10.0. The molecule has 3 N–H and O–H groups in total.